The van der Waals surface area contributed by atoms with Crippen molar-refractivity contribution in [3.63, 3.8) is 0 Å². The van der Waals surface area contributed by atoms with Crippen molar-refractivity contribution < 1.29 is 0 Å². The molecule has 76 valence electrons. The predicted octanol–water partition coefficient (Wildman–Crippen LogP) is 2.92. The molecule has 14 heavy (non-hydrogen) atoms. The Hall–Kier alpha value is -0.820. The van der Waals surface area contributed by atoms with Crippen LogP contribution in [0, 0.1) is 5.92 Å². The normalized spacial score (nSPS) is 25.9. The molecule has 0 aliphatic heterocycles. The summed E-state index contributed by atoms with van der Waals surface area (Å²) in [5.74, 6) is 0.814. The van der Waals surface area contributed by atoms with Crippen LogP contribution >= 0.6 is 0 Å². The van der Waals surface area contributed by atoms with Gasteiger partial charge in [0.05, 0.1) is 0 Å². The maximum atomic E-state index is 3.57. The van der Waals surface area contributed by atoms with Crippen LogP contribution < -0.4 is 5.32 Å². The smallest absolute Gasteiger partial charge is 0.0325 e. The molecular formula is C13H19N. The minimum absolute atomic E-state index is 0.583. The highest BCUT2D eigenvalue weighted by molar-refractivity contribution is 5.32. The second-order valence-electron chi connectivity index (χ2n) is 4.35. The number of fused-ring (bicyclic) bond motifs is 1. The lowest BCUT2D eigenvalue weighted by Gasteiger charge is -2.30. The highest BCUT2D eigenvalue weighted by atomic mass is 14.9. The lowest BCUT2D eigenvalue weighted by atomic mass is 9.81. The Morgan fingerprint density at radius 1 is 1.36 bits per heavy atom. The van der Waals surface area contributed by atoms with Crippen LogP contribution in [0.3, 0.4) is 0 Å². The third-order valence-corrected chi connectivity index (χ3v) is 3.09. The summed E-state index contributed by atoms with van der Waals surface area (Å²) in [5.41, 5.74) is 3.06. The van der Waals surface area contributed by atoms with E-state index in [1.54, 1.807) is 0 Å². The molecule has 0 heterocycles. The summed E-state index contributed by atoms with van der Waals surface area (Å²) in [6, 6.07) is 9.43. The van der Waals surface area contributed by atoms with E-state index in [2.05, 4.69) is 43.4 Å². The van der Waals surface area contributed by atoms with Crippen molar-refractivity contribution in [2.24, 2.45) is 5.92 Å². The SMILES string of the molecule is CCNC1CC(C)Cc2ccccc21. The largest absolute Gasteiger partial charge is 0.310 e. The van der Waals surface area contributed by atoms with Gasteiger partial charge in [0.1, 0.15) is 0 Å². The van der Waals surface area contributed by atoms with E-state index in [4.69, 9.17) is 0 Å². The third kappa shape index (κ3) is 1.83. The molecule has 0 amide bonds. The zero-order valence-electron chi connectivity index (χ0n) is 9.09. The van der Waals surface area contributed by atoms with E-state index in [1.807, 2.05) is 0 Å². The van der Waals surface area contributed by atoms with Gasteiger partial charge in [-0.05, 0) is 36.4 Å². The summed E-state index contributed by atoms with van der Waals surface area (Å²) in [5, 5.41) is 3.57. The maximum absolute atomic E-state index is 3.57. The summed E-state index contributed by atoms with van der Waals surface area (Å²) >= 11 is 0. The van der Waals surface area contributed by atoms with Crippen molar-refractivity contribution in [3.05, 3.63) is 35.4 Å². The minimum Gasteiger partial charge on any atom is -0.310 e. The van der Waals surface area contributed by atoms with Gasteiger partial charge in [-0.1, -0.05) is 38.1 Å². The predicted molar refractivity (Wildman–Crippen MR) is 60.3 cm³/mol. The standard InChI is InChI=1S/C13H19N/c1-3-14-13-9-10(2)8-11-6-4-5-7-12(11)13/h4-7,10,13-14H,3,8-9H2,1-2H3. The van der Waals surface area contributed by atoms with Gasteiger partial charge in [-0.3, -0.25) is 0 Å². The molecule has 2 rings (SSSR count). The molecule has 0 spiro atoms. The van der Waals surface area contributed by atoms with Gasteiger partial charge in [0.2, 0.25) is 0 Å². The molecule has 1 aromatic rings. The fourth-order valence-electron chi connectivity index (χ4n) is 2.49. The van der Waals surface area contributed by atoms with E-state index in [9.17, 15) is 0 Å². The fraction of sp³-hybridized carbons (Fsp3) is 0.538. The van der Waals surface area contributed by atoms with E-state index in [0.717, 1.165) is 12.5 Å². The number of hydrogen-bond donors (Lipinski definition) is 1. The number of hydrogen-bond acceptors (Lipinski definition) is 1. The first-order valence-corrected chi connectivity index (χ1v) is 5.62. The van der Waals surface area contributed by atoms with Crippen LogP contribution in [0.4, 0.5) is 0 Å². The monoisotopic (exact) mass is 189 g/mol. The average Bonchev–Trinajstić information content (AvgIpc) is 2.18. The molecule has 1 aliphatic rings. The Morgan fingerprint density at radius 2 is 2.14 bits per heavy atom. The van der Waals surface area contributed by atoms with Crippen molar-refractivity contribution in [2.75, 3.05) is 6.54 Å². The molecule has 1 aromatic carbocycles. The molecule has 2 atom stereocenters. The Labute approximate surface area is 86.5 Å². The summed E-state index contributed by atoms with van der Waals surface area (Å²) in [7, 11) is 0. The van der Waals surface area contributed by atoms with Crippen LogP contribution in [-0.2, 0) is 6.42 Å². The van der Waals surface area contributed by atoms with Crippen molar-refractivity contribution in [1.82, 2.24) is 5.32 Å². The maximum Gasteiger partial charge on any atom is 0.0325 e. The fourth-order valence-corrected chi connectivity index (χ4v) is 2.49. The molecule has 0 saturated heterocycles. The highest BCUT2D eigenvalue weighted by Gasteiger charge is 2.22. The molecule has 1 heteroatoms. The van der Waals surface area contributed by atoms with Crippen LogP contribution in [0.15, 0.2) is 24.3 Å². The molecule has 0 fully saturated rings. The highest BCUT2D eigenvalue weighted by Crippen LogP contribution is 2.32. The molecule has 1 aliphatic carbocycles. The molecule has 1 N–H and O–H groups in total. The zero-order valence-corrected chi connectivity index (χ0v) is 9.09. The van der Waals surface area contributed by atoms with E-state index >= 15 is 0 Å². The van der Waals surface area contributed by atoms with Gasteiger partial charge in [0.25, 0.3) is 0 Å². The van der Waals surface area contributed by atoms with Crippen LogP contribution in [0.2, 0.25) is 0 Å². The molecule has 0 bridgehead atoms. The lowest BCUT2D eigenvalue weighted by molar-refractivity contribution is 0.386. The number of rotatable bonds is 2. The summed E-state index contributed by atoms with van der Waals surface area (Å²) in [6.07, 6.45) is 2.53. The lowest BCUT2D eigenvalue weighted by Crippen LogP contribution is -2.28. The molecule has 1 nitrogen and oxygen atoms in total. The van der Waals surface area contributed by atoms with E-state index in [1.165, 1.54) is 24.0 Å². The average molecular weight is 189 g/mol. The van der Waals surface area contributed by atoms with Crippen LogP contribution in [0.5, 0.6) is 0 Å². The second-order valence-corrected chi connectivity index (χ2v) is 4.35. The Bertz CT molecular complexity index is 306. The topological polar surface area (TPSA) is 12.0 Å². The summed E-state index contributed by atoms with van der Waals surface area (Å²) in [4.78, 5) is 0. The molecular weight excluding hydrogens is 170 g/mol. The van der Waals surface area contributed by atoms with E-state index in [0.29, 0.717) is 6.04 Å². The van der Waals surface area contributed by atoms with Crippen molar-refractivity contribution in [3.8, 4) is 0 Å². The molecule has 2 unspecified atom stereocenters. The Balaban J connectivity index is 2.28. The molecule has 0 aromatic heterocycles. The van der Waals surface area contributed by atoms with Crippen molar-refractivity contribution >= 4 is 0 Å². The summed E-state index contributed by atoms with van der Waals surface area (Å²) < 4.78 is 0. The van der Waals surface area contributed by atoms with Gasteiger partial charge >= 0.3 is 0 Å². The number of benzene rings is 1. The molecule has 0 saturated carbocycles. The first kappa shape index (κ1) is 9.72. The minimum atomic E-state index is 0.583. The van der Waals surface area contributed by atoms with Gasteiger partial charge in [-0.15, -0.1) is 0 Å². The Morgan fingerprint density at radius 3 is 2.93 bits per heavy atom. The van der Waals surface area contributed by atoms with Gasteiger partial charge < -0.3 is 5.32 Å². The quantitative estimate of drug-likeness (QED) is 0.754. The van der Waals surface area contributed by atoms with Gasteiger partial charge in [-0.2, -0.15) is 0 Å². The van der Waals surface area contributed by atoms with E-state index in [-0.39, 0.29) is 0 Å². The third-order valence-electron chi connectivity index (χ3n) is 3.09. The van der Waals surface area contributed by atoms with Crippen LogP contribution in [0.25, 0.3) is 0 Å². The first-order chi connectivity index (χ1) is 6.81. The van der Waals surface area contributed by atoms with E-state index < -0.39 is 0 Å². The van der Waals surface area contributed by atoms with Crippen molar-refractivity contribution in [2.45, 2.75) is 32.7 Å². The first-order valence-electron chi connectivity index (χ1n) is 5.62. The second kappa shape index (κ2) is 4.14. The van der Waals surface area contributed by atoms with Gasteiger partial charge in [0.15, 0.2) is 0 Å². The van der Waals surface area contributed by atoms with Crippen LogP contribution in [0.1, 0.15) is 37.4 Å². The Kier molecular flexibility index (Phi) is 2.87. The van der Waals surface area contributed by atoms with Crippen LogP contribution in [-0.4, -0.2) is 6.54 Å². The summed E-state index contributed by atoms with van der Waals surface area (Å²) in [6.45, 7) is 5.59. The van der Waals surface area contributed by atoms with Gasteiger partial charge in [0, 0.05) is 6.04 Å². The van der Waals surface area contributed by atoms with Gasteiger partial charge in [-0.25, -0.2) is 0 Å². The zero-order chi connectivity index (χ0) is 9.97. The molecule has 0 radical (unpaired) electrons. The van der Waals surface area contributed by atoms with Crippen molar-refractivity contribution in [1.29, 1.82) is 0 Å². The number of nitrogens with one attached hydrogen (secondary N) is 1.